The molecule has 2 N–H and O–H groups in total. The second kappa shape index (κ2) is 8.47. The van der Waals surface area contributed by atoms with E-state index in [0.29, 0.717) is 5.92 Å². The van der Waals surface area contributed by atoms with Gasteiger partial charge in [0.15, 0.2) is 24.3 Å². The van der Waals surface area contributed by atoms with Crippen LogP contribution in [0.2, 0.25) is 0 Å². The lowest BCUT2D eigenvalue weighted by molar-refractivity contribution is -0.165. The van der Waals surface area contributed by atoms with Gasteiger partial charge in [-0.1, -0.05) is 6.92 Å². The molecule has 3 aliphatic rings. The summed E-state index contributed by atoms with van der Waals surface area (Å²) in [6.45, 7) is 1.52. The van der Waals surface area contributed by atoms with Crippen LogP contribution >= 0.6 is 0 Å². The summed E-state index contributed by atoms with van der Waals surface area (Å²) in [5.41, 5.74) is 0.936. The Hall–Kier alpha value is -3.25. The van der Waals surface area contributed by atoms with Crippen LogP contribution in [0.15, 0.2) is 29.2 Å². The van der Waals surface area contributed by atoms with Crippen molar-refractivity contribution in [2.75, 3.05) is 12.1 Å². The molecule has 5 atom stereocenters. The van der Waals surface area contributed by atoms with Gasteiger partial charge in [-0.3, -0.25) is 20.0 Å². The smallest absolute Gasteiger partial charge is 0.351 e. The number of aromatic nitrogens is 2. The molecule has 3 heterocycles. The SMILES string of the molecule is CC(C(=O)OC[C@H]1O[C@@H](n2ccc(NO)nc2=O)[C@H]2OC(=O)/C=C\C(=O)OC12)C1CC1. The number of carbonyl (C=O) groups is 3. The highest BCUT2D eigenvalue weighted by molar-refractivity contribution is 5.92. The number of nitrogens with one attached hydrogen (secondary N) is 1. The average Bonchev–Trinajstić information content (AvgIpc) is 3.55. The highest BCUT2D eigenvalue weighted by Gasteiger charge is 2.52. The van der Waals surface area contributed by atoms with Crippen molar-refractivity contribution >= 4 is 23.7 Å². The van der Waals surface area contributed by atoms with Gasteiger partial charge in [0, 0.05) is 18.3 Å². The Labute approximate surface area is 175 Å². The molecule has 1 aliphatic carbocycles. The van der Waals surface area contributed by atoms with Crippen LogP contribution in [-0.2, 0) is 33.3 Å². The number of hydrogen-bond donors (Lipinski definition) is 2. The first-order valence-corrected chi connectivity index (χ1v) is 9.78. The van der Waals surface area contributed by atoms with E-state index in [1.54, 1.807) is 12.4 Å². The van der Waals surface area contributed by atoms with E-state index in [9.17, 15) is 19.2 Å². The fourth-order valence-corrected chi connectivity index (χ4v) is 3.57. The molecular weight excluding hydrogens is 414 g/mol. The summed E-state index contributed by atoms with van der Waals surface area (Å²) < 4.78 is 22.9. The van der Waals surface area contributed by atoms with Crippen LogP contribution in [0.25, 0.3) is 0 Å². The van der Waals surface area contributed by atoms with Crippen molar-refractivity contribution < 1.29 is 38.5 Å². The van der Waals surface area contributed by atoms with Crippen LogP contribution in [0, 0.1) is 11.8 Å². The maximum atomic E-state index is 12.4. The average molecular weight is 435 g/mol. The summed E-state index contributed by atoms with van der Waals surface area (Å²) in [6.07, 6.45) is 0.510. The molecule has 0 amide bonds. The van der Waals surface area contributed by atoms with Crippen molar-refractivity contribution in [3.63, 3.8) is 0 Å². The molecule has 4 rings (SSSR count). The van der Waals surface area contributed by atoms with Gasteiger partial charge in [0.2, 0.25) is 0 Å². The molecule has 31 heavy (non-hydrogen) atoms. The molecule has 2 aliphatic heterocycles. The molecule has 0 spiro atoms. The lowest BCUT2D eigenvalue weighted by Crippen LogP contribution is -2.43. The highest BCUT2D eigenvalue weighted by atomic mass is 16.7. The normalized spacial score (nSPS) is 29.6. The van der Waals surface area contributed by atoms with Crippen molar-refractivity contribution in [2.24, 2.45) is 11.8 Å². The molecule has 1 saturated carbocycles. The Kier molecular flexibility index (Phi) is 5.74. The predicted octanol–water partition coefficient (Wildman–Crippen LogP) is -0.0755. The number of rotatable bonds is 6. The quantitative estimate of drug-likeness (QED) is 0.350. The summed E-state index contributed by atoms with van der Waals surface area (Å²) >= 11 is 0. The second-order valence-electron chi connectivity index (χ2n) is 7.57. The molecule has 1 aromatic heterocycles. The van der Waals surface area contributed by atoms with E-state index in [0.717, 1.165) is 29.6 Å². The van der Waals surface area contributed by atoms with Crippen LogP contribution in [0.4, 0.5) is 5.82 Å². The number of nitrogens with zero attached hydrogens (tertiary/aromatic N) is 2. The van der Waals surface area contributed by atoms with E-state index >= 15 is 0 Å². The number of carbonyl (C=O) groups excluding carboxylic acids is 3. The minimum Gasteiger partial charge on any atom is -0.463 e. The minimum absolute atomic E-state index is 0.0978. The molecule has 166 valence electrons. The molecule has 2 fully saturated rings. The van der Waals surface area contributed by atoms with Crippen molar-refractivity contribution in [1.29, 1.82) is 0 Å². The van der Waals surface area contributed by atoms with E-state index in [1.807, 2.05) is 0 Å². The summed E-state index contributed by atoms with van der Waals surface area (Å²) in [6, 6.07) is 1.29. The zero-order chi connectivity index (χ0) is 22.1. The van der Waals surface area contributed by atoms with Crippen molar-refractivity contribution in [1.82, 2.24) is 9.55 Å². The molecule has 12 nitrogen and oxygen atoms in total. The van der Waals surface area contributed by atoms with E-state index in [4.69, 9.17) is 24.2 Å². The van der Waals surface area contributed by atoms with E-state index in [-0.39, 0.29) is 18.3 Å². The Balaban J connectivity index is 1.59. The number of esters is 3. The fraction of sp³-hybridized carbons (Fsp3) is 0.526. The molecule has 0 bridgehead atoms. The largest absolute Gasteiger partial charge is 0.463 e. The topological polar surface area (TPSA) is 155 Å². The first-order chi connectivity index (χ1) is 14.9. The second-order valence-corrected chi connectivity index (χ2v) is 7.57. The van der Waals surface area contributed by atoms with Gasteiger partial charge in [-0.15, -0.1) is 0 Å². The van der Waals surface area contributed by atoms with Crippen LogP contribution in [0.5, 0.6) is 0 Å². The molecule has 0 radical (unpaired) electrons. The van der Waals surface area contributed by atoms with Gasteiger partial charge in [0.1, 0.15) is 12.7 Å². The predicted molar refractivity (Wildman–Crippen MR) is 99.6 cm³/mol. The molecule has 1 aromatic rings. The number of fused-ring (bicyclic) bond motifs is 1. The number of anilines is 1. The monoisotopic (exact) mass is 435 g/mol. The van der Waals surface area contributed by atoms with Gasteiger partial charge in [0.05, 0.1) is 5.92 Å². The molecule has 12 heteroatoms. The fourth-order valence-electron chi connectivity index (χ4n) is 3.57. The third-order valence-corrected chi connectivity index (χ3v) is 5.45. The Morgan fingerprint density at radius 3 is 2.55 bits per heavy atom. The van der Waals surface area contributed by atoms with Crippen molar-refractivity contribution in [3.8, 4) is 0 Å². The van der Waals surface area contributed by atoms with Crippen LogP contribution in [-0.4, -0.2) is 57.6 Å². The molecule has 0 aromatic carbocycles. The lowest BCUT2D eigenvalue weighted by Gasteiger charge is -2.25. The van der Waals surface area contributed by atoms with E-state index in [1.165, 1.54) is 12.3 Å². The Bertz CT molecular complexity index is 971. The van der Waals surface area contributed by atoms with Gasteiger partial charge in [-0.05, 0) is 24.8 Å². The van der Waals surface area contributed by atoms with Crippen molar-refractivity contribution in [3.05, 3.63) is 34.9 Å². The van der Waals surface area contributed by atoms with Crippen LogP contribution < -0.4 is 11.2 Å². The van der Waals surface area contributed by atoms with Crippen LogP contribution in [0.1, 0.15) is 26.0 Å². The lowest BCUT2D eigenvalue weighted by atomic mass is 10.1. The summed E-state index contributed by atoms with van der Waals surface area (Å²) in [5, 5.41) is 8.92. The van der Waals surface area contributed by atoms with Gasteiger partial charge in [0.25, 0.3) is 0 Å². The maximum Gasteiger partial charge on any atom is 0.351 e. The minimum atomic E-state index is -1.20. The van der Waals surface area contributed by atoms with Crippen molar-refractivity contribution in [2.45, 2.75) is 44.3 Å². The van der Waals surface area contributed by atoms with Gasteiger partial charge >= 0.3 is 23.6 Å². The first-order valence-electron chi connectivity index (χ1n) is 9.78. The third kappa shape index (κ3) is 4.44. The van der Waals surface area contributed by atoms with Gasteiger partial charge in [-0.2, -0.15) is 4.98 Å². The Morgan fingerprint density at radius 1 is 1.26 bits per heavy atom. The van der Waals surface area contributed by atoms with E-state index in [2.05, 4.69) is 4.98 Å². The molecule has 2 unspecified atom stereocenters. The summed E-state index contributed by atoms with van der Waals surface area (Å²) in [5.74, 6) is -2.10. The molecular formula is C19H21N3O9. The summed E-state index contributed by atoms with van der Waals surface area (Å²) in [7, 11) is 0. The van der Waals surface area contributed by atoms with E-state index < -0.39 is 48.1 Å². The number of ether oxygens (including phenoxy) is 4. The highest BCUT2D eigenvalue weighted by Crippen LogP contribution is 2.38. The first kappa shape index (κ1) is 21.0. The summed E-state index contributed by atoms with van der Waals surface area (Å²) in [4.78, 5) is 52.3. The maximum absolute atomic E-state index is 12.4. The third-order valence-electron chi connectivity index (χ3n) is 5.45. The van der Waals surface area contributed by atoms with Gasteiger partial charge in [-0.25, -0.2) is 14.4 Å². The zero-order valence-corrected chi connectivity index (χ0v) is 16.5. The number of hydrogen-bond acceptors (Lipinski definition) is 11. The molecule has 1 saturated heterocycles. The van der Waals surface area contributed by atoms with Gasteiger partial charge < -0.3 is 18.9 Å². The Morgan fingerprint density at radius 2 is 1.94 bits per heavy atom. The standard InChI is InChI=1S/C19H21N3O9/c1-9(10-2-3-10)18(25)28-8-11-15-16(31-14(24)5-4-13(23)30-15)17(29-11)22-7-6-12(21-27)20-19(22)26/h4-7,9-11,15-17,27H,2-3,8H2,1H3,(H,20,21,26)/b5-4-/t9?,11-,15?,16+,17-/m1/s1. The van der Waals surface area contributed by atoms with Crippen LogP contribution in [0.3, 0.4) is 0 Å². The zero-order valence-electron chi connectivity index (χ0n) is 16.5.